The first-order valence-corrected chi connectivity index (χ1v) is 6.66. The van der Waals surface area contributed by atoms with E-state index in [-0.39, 0.29) is 11.9 Å². The lowest BCUT2D eigenvalue weighted by Crippen LogP contribution is -2.39. The van der Waals surface area contributed by atoms with E-state index in [9.17, 15) is 4.79 Å². The summed E-state index contributed by atoms with van der Waals surface area (Å²) in [7, 11) is 1.78. The lowest BCUT2D eigenvalue weighted by atomic mass is 10.1. The van der Waals surface area contributed by atoms with Gasteiger partial charge in [-0.05, 0) is 24.8 Å². The van der Waals surface area contributed by atoms with Crippen molar-refractivity contribution >= 4 is 17.2 Å². The molecule has 1 amide bonds. The van der Waals surface area contributed by atoms with Crippen molar-refractivity contribution < 1.29 is 4.79 Å². The summed E-state index contributed by atoms with van der Waals surface area (Å²) in [4.78, 5) is 14.9. The normalized spacial score (nSPS) is 13.8. The fourth-order valence-electron chi connectivity index (χ4n) is 1.64. The average molecular weight is 250 g/mol. The van der Waals surface area contributed by atoms with E-state index in [1.807, 2.05) is 25.3 Å². The van der Waals surface area contributed by atoms with Gasteiger partial charge in [-0.1, -0.05) is 13.0 Å². The smallest absolute Gasteiger partial charge is 0.239 e. The first-order valence-electron chi connectivity index (χ1n) is 5.78. The third-order valence-corrected chi connectivity index (χ3v) is 3.85. The summed E-state index contributed by atoms with van der Waals surface area (Å²) in [6.07, 6.45) is 1.42. The van der Waals surface area contributed by atoms with Gasteiger partial charge in [-0.2, -0.15) is 5.26 Å². The molecule has 0 aromatic carbocycles. The standard InChI is InChI=1S/C13H18N2OS/c1-4-11(9-14)13(16)15(3)10(2)8-12-6-5-7-17-12/h5-7,10-11H,4,8H2,1-3H3. The van der Waals surface area contributed by atoms with Gasteiger partial charge in [0.25, 0.3) is 0 Å². The van der Waals surface area contributed by atoms with Gasteiger partial charge < -0.3 is 4.90 Å². The number of carbonyl (C=O) groups excluding carboxylic acids is 1. The van der Waals surface area contributed by atoms with Crippen molar-refractivity contribution in [2.75, 3.05) is 7.05 Å². The van der Waals surface area contributed by atoms with E-state index in [2.05, 4.69) is 12.1 Å². The van der Waals surface area contributed by atoms with Crippen molar-refractivity contribution in [2.24, 2.45) is 5.92 Å². The van der Waals surface area contributed by atoms with Crippen molar-refractivity contribution in [3.8, 4) is 6.07 Å². The molecule has 1 aromatic heterocycles. The van der Waals surface area contributed by atoms with Crippen LogP contribution in [0.15, 0.2) is 17.5 Å². The number of nitriles is 1. The number of rotatable bonds is 5. The van der Waals surface area contributed by atoms with Crippen LogP contribution < -0.4 is 0 Å². The first-order chi connectivity index (χ1) is 8.10. The highest BCUT2D eigenvalue weighted by Gasteiger charge is 2.23. The fourth-order valence-corrected chi connectivity index (χ4v) is 2.47. The summed E-state index contributed by atoms with van der Waals surface area (Å²) in [6, 6.07) is 6.27. The highest BCUT2D eigenvalue weighted by Crippen LogP contribution is 2.15. The van der Waals surface area contributed by atoms with E-state index >= 15 is 0 Å². The summed E-state index contributed by atoms with van der Waals surface area (Å²) in [5, 5.41) is 10.9. The molecule has 0 radical (unpaired) electrons. The Bertz CT molecular complexity index is 394. The van der Waals surface area contributed by atoms with Crippen LogP contribution in [-0.4, -0.2) is 23.9 Å². The first kappa shape index (κ1) is 13.7. The summed E-state index contributed by atoms with van der Waals surface area (Å²) >= 11 is 1.70. The molecule has 17 heavy (non-hydrogen) atoms. The van der Waals surface area contributed by atoms with Gasteiger partial charge in [-0.25, -0.2) is 0 Å². The molecule has 0 aliphatic carbocycles. The minimum atomic E-state index is -0.509. The van der Waals surface area contributed by atoms with E-state index in [4.69, 9.17) is 5.26 Å². The van der Waals surface area contributed by atoms with Crippen molar-refractivity contribution in [2.45, 2.75) is 32.7 Å². The van der Waals surface area contributed by atoms with E-state index in [0.717, 1.165) is 6.42 Å². The van der Waals surface area contributed by atoms with Gasteiger partial charge in [0.2, 0.25) is 5.91 Å². The van der Waals surface area contributed by atoms with Crippen molar-refractivity contribution in [1.82, 2.24) is 4.90 Å². The molecule has 0 N–H and O–H groups in total. The molecule has 3 nitrogen and oxygen atoms in total. The summed E-state index contributed by atoms with van der Waals surface area (Å²) in [5.41, 5.74) is 0. The van der Waals surface area contributed by atoms with Gasteiger partial charge in [0.05, 0.1) is 6.07 Å². The predicted molar refractivity (Wildman–Crippen MR) is 69.6 cm³/mol. The van der Waals surface area contributed by atoms with E-state index in [0.29, 0.717) is 6.42 Å². The molecule has 0 aliphatic rings. The van der Waals surface area contributed by atoms with Gasteiger partial charge in [0, 0.05) is 24.4 Å². The zero-order chi connectivity index (χ0) is 12.8. The number of hydrogen-bond acceptors (Lipinski definition) is 3. The van der Waals surface area contributed by atoms with Gasteiger partial charge >= 0.3 is 0 Å². The molecular formula is C13H18N2OS. The number of likely N-dealkylation sites (N-methyl/N-ethyl adjacent to an activating group) is 1. The van der Waals surface area contributed by atoms with Crippen LogP contribution in [0.5, 0.6) is 0 Å². The zero-order valence-corrected chi connectivity index (χ0v) is 11.3. The molecule has 0 saturated heterocycles. The van der Waals surface area contributed by atoms with E-state index in [1.165, 1.54) is 4.88 Å². The largest absolute Gasteiger partial charge is 0.342 e. The SMILES string of the molecule is CCC(C#N)C(=O)N(C)C(C)Cc1cccs1. The summed E-state index contributed by atoms with van der Waals surface area (Å²) in [6.45, 7) is 3.88. The van der Waals surface area contributed by atoms with Crippen LogP contribution in [0.2, 0.25) is 0 Å². The lowest BCUT2D eigenvalue weighted by Gasteiger charge is -2.26. The molecule has 0 bridgehead atoms. The Morgan fingerprint density at radius 1 is 1.65 bits per heavy atom. The molecule has 1 aromatic rings. The summed E-state index contributed by atoms with van der Waals surface area (Å²) in [5.74, 6) is -0.579. The van der Waals surface area contributed by atoms with Crippen LogP contribution in [0.25, 0.3) is 0 Å². The highest BCUT2D eigenvalue weighted by atomic mass is 32.1. The van der Waals surface area contributed by atoms with Gasteiger partial charge in [0.1, 0.15) is 5.92 Å². The predicted octanol–water partition coefficient (Wildman–Crippen LogP) is 2.69. The highest BCUT2D eigenvalue weighted by molar-refractivity contribution is 7.09. The Hall–Kier alpha value is -1.34. The third-order valence-electron chi connectivity index (χ3n) is 2.95. The average Bonchev–Trinajstić information content (AvgIpc) is 2.82. The number of thiophene rings is 1. The Kier molecular flexibility index (Phi) is 5.17. The molecule has 92 valence electrons. The van der Waals surface area contributed by atoms with Crippen molar-refractivity contribution in [3.05, 3.63) is 22.4 Å². The number of hydrogen-bond donors (Lipinski definition) is 0. The Morgan fingerprint density at radius 3 is 2.82 bits per heavy atom. The maximum absolute atomic E-state index is 12.0. The van der Waals surface area contributed by atoms with Crippen LogP contribution in [0, 0.1) is 17.2 Å². The molecule has 2 atom stereocenters. The maximum atomic E-state index is 12.0. The van der Waals surface area contributed by atoms with Crippen LogP contribution in [-0.2, 0) is 11.2 Å². The Balaban J connectivity index is 2.60. The molecule has 1 rings (SSSR count). The van der Waals surface area contributed by atoms with Gasteiger partial charge in [-0.15, -0.1) is 11.3 Å². The molecule has 0 fully saturated rings. The second-order valence-electron chi connectivity index (χ2n) is 4.17. The lowest BCUT2D eigenvalue weighted by molar-refractivity contribution is -0.134. The van der Waals surface area contributed by atoms with Gasteiger partial charge in [0.15, 0.2) is 0 Å². The Morgan fingerprint density at radius 2 is 2.35 bits per heavy atom. The topological polar surface area (TPSA) is 44.1 Å². The second-order valence-corrected chi connectivity index (χ2v) is 5.20. The van der Waals surface area contributed by atoms with Crippen LogP contribution in [0.1, 0.15) is 25.1 Å². The zero-order valence-electron chi connectivity index (χ0n) is 10.5. The fraction of sp³-hybridized carbons (Fsp3) is 0.538. The van der Waals surface area contributed by atoms with Crippen LogP contribution >= 0.6 is 11.3 Å². The second kappa shape index (κ2) is 6.41. The quantitative estimate of drug-likeness (QED) is 0.806. The minimum absolute atomic E-state index is 0.0703. The third kappa shape index (κ3) is 3.57. The molecule has 0 spiro atoms. The molecular weight excluding hydrogens is 232 g/mol. The molecule has 4 heteroatoms. The van der Waals surface area contributed by atoms with Crippen LogP contribution in [0.4, 0.5) is 0 Å². The molecule has 0 saturated carbocycles. The number of nitrogens with zero attached hydrogens (tertiary/aromatic N) is 2. The minimum Gasteiger partial charge on any atom is -0.342 e. The molecule has 1 heterocycles. The number of carbonyl (C=O) groups is 1. The maximum Gasteiger partial charge on any atom is 0.239 e. The van der Waals surface area contributed by atoms with Gasteiger partial charge in [-0.3, -0.25) is 4.79 Å². The molecule has 0 aliphatic heterocycles. The van der Waals surface area contributed by atoms with E-state index in [1.54, 1.807) is 23.3 Å². The Labute approximate surface area is 107 Å². The van der Waals surface area contributed by atoms with Crippen molar-refractivity contribution in [3.63, 3.8) is 0 Å². The number of amides is 1. The monoisotopic (exact) mass is 250 g/mol. The van der Waals surface area contributed by atoms with E-state index < -0.39 is 5.92 Å². The summed E-state index contributed by atoms with van der Waals surface area (Å²) < 4.78 is 0. The van der Waals surface area contributed by atoms with Crippen molar-refractivity contribution in [1.29, 1.82) is 5.26 Å². The molecule has 2 unspecified atom stereocenters. The van der Waals surface area contributed by atoms with Crippen LogP contribution in [0.3, 0.4) is 0 Å².